The van der Waals surface area contributed by atoms with Crippen molar-refractivity contribution in [2.24, 2.45) is 0 Å². The Hall–Kier alpha value is -2.64. The molecule has 0 heterocycles. The zero-order valence-corrected chi connectivity index (χ0v) is 32.8. The monoisotopic (exact) mass is 721 g/mol. The third kappa shape index (κ3) is 38.4. The van der Waals surface area contributed by atoms with Gasteiger partial charge in [-0.05, 0) is 64.2 Å². The summed E-state index contributed by atoms with van der Waals surface area (Å²) in [6.07, 6.45) is 38.7. The molecule has 0 saturated carbocycles. The number of esters is 3. The number of hydrogen-bond donors (Lipinski definition) is 1. The molecule has 0 aromatic heterocycles. The predicted octanol–water partition coefficient (Wildman–Crippen LogP) is 11.9. The van der Waals surface area contributed by atoms with Gasteiger partial charge < -0.3 is 19.3 Å². The maximum Gasteiger partial charge on any atom is 0.306 e. The minimum atomic E-state index is -1.10. The number of hydrogen-bond acceptors (Lipinski definition) is 7. The lowest BCUT2D eigenvalue weighted by Crippen LogP contribution is -2.31. The van der Waals surface area contributed by atoms with E-state index in [-0.39, 0.29) is 44.9 Å². The molecule has 0 rings (SSSR count). The van der Waals surface area contributed by atoms with Gasteiger partial charge in [-0.15, -0.1) is 0 Å². The van der Waals surface area contributed by atoms with E-state index in [0.29, 0.717) is 6.42 Å². The second kappa shape index (κ2) is 38.6. The minimum Gasteiger partial charge on any atom is -0.481 e. The van der Waals surface area contributed by atoms with Crippen LogP contribution in [0, 0.1) is 0 Å². The number of allylic oxidation sites excluding steroid dienone is 4. The number of carbonyl (C=O) groups is 4. The second-order valence-electron chi connectivity index (χ2n) is 14.0. The predicted molar refractivity (Wildman–Crippen MR) is 208 cm³/mol. The van der Waals surface area contributed by atoms with Crippen molar-refractivity contribution >= 4 is 23.9 Å². The molecule has 296 valence electrons. The van der Waals surface area contributed by atoms with Crippen LogP contribution in [-0.4, -0.2) is 48.3 Å². The quantitative estimate of drug-likeness (QED) is 0.0290. The molecule has 51 heavy (non-hydrogen) atoms. The number of carboxylic acids is 1. The van der Waals surface area contributed by atoms with Gasteiger partial charge in [-0.1, -0.05) is 141 Å². The normalized spacial score (nSPS) is 12.0. The van der Waals surface area contributed by atoms with E-state index in [2.05, 4.69) is 38.2 Å². The Kier molecular flexibility index (Phi) is 36.6. The average molecular weight is 721 g/mol. The summed E-state index contributed by atoms with van der Waals surface area (Å²) in [5.74, 6) is -2.59. The van der Waals surface area contributed by atoms with Gasteiger partial charge in [0, 0.05) is 12.8 Å². The Morgan fingerprint density at radius 2 is 0.765 bits per heavy atom. The molecule has 8 nitrogen and oxygen atoms in total. The summed E-state index contributed by atoms with van der Waals surface area (Å²) < 4.78 is 16.0. The van der Waals surface area contributed by atoms with Crippen molar-refractivity contribution in [1.29, 1.82) is 0 Å². The minimum absolute atomic E-state index is 0.200. The van der Waals surface area contributed by atoms with Gasteiger partial charge in [0.2, 0.25) is 0 Å². The van der Waals surface area contributed by atoms with Gasteiger partial charge in [0.25, 0.3) is 0 Å². The van der Waals surface area contributed by atoms with Crippen LogP contribution in [0.4, 0.5) is 0 Å². The standard InChI is InChI=1S/C43H76O8/c1-3-5-7-9-11-13-15-17-19-21-23-25-27-29-31-33-41(46)49-37-39(38-50-42(47)36-35-40(44)45)51-43(48)34-32-30-28-26-24-22-20-18-16-14-12-10-8-6-4-2/h17-20,39H,3-16,21-38H2,1-2H3,(H,44,45)/b19-17-,20-18+. The van der Waals surface area contributed by atoms with E-state index in [0.717, 1.165) is 70.6 Å². The van der Waals surface area contributed by atoms with Crippen LogP contribution in [0.2, 0.25) is 0 Å². The molecule has 1 N–H and O–H groups in total. The number of carbonyl (C=O) groups excluding carboxylic acids is 3. The van der Waals surface area contributed by atoms with Crippen LogP contribution >= 0.6 is 0 Å². The first-order chi connectivity index (χ1) is 24.9. The molecule has 0 saturated heterocycles. The molecule has 0 amide bonds. The van der Waals surface area contributed by atoms with Gasteiger partial charge in [-0.25, -0.2) is 0 Å². The van der Waals surface area contributed by atoms with Crippen molar-refractivity contribution in [3.63, 3.8) is 0 Å². The third-order valence-corrected chi connectivity index (χ3v) is 8.99. The van der Waals surface area contributed by atoms with E-state index < -0.39 is 24.0 Å². The van der Waals surface area contributed by atoms with Crippen molar-refractivity contribution in [3.05, 3.63) is 24.3 Å². The fourth-order valence-corrected chi connectivity index (χ4v) is 5.77. The van der Waals surface area contributed by atoms with Crippen molar-refractivity contribution in [2.75, 3.05) is 13.2 Å². The van der Waals surface area contributed by atoms with Crippen LogP contribution in [-0.2, 0) is 33.4 Å². The highest BCUT2D eigenvalue weighted by atomic mass is 16.6. The van der Waals surface area contributed by atoms with Crippen molar-refractivity contribution in [2.45, 2.75) is 213 Å². The Balaban J connectivity index is 4.16. The number of ether oxygens (including phenoxy) is 3. The van der Waals surface area contributed by atoms with Gasteiger partial charge in [-0.2, -0.15) is 0 Å². The molecule has 0 aromatic rings. The number of carboxylic acid groups (broad SMARTS) is 1. The maximum absolute atomic E-state index is 12.5. The molecule has 0 radical (unpaired) electrons. The molecular formula is C43H76O8. The average Bonchev–Trinajstić information content (AvgIpc) is 3.11. The van der Waals surface area contributed by atoms with Crippen molar-refractivity contribution in [1.82, 2.24) is 0 Å². The number of unbranched alkanes of at least 4 members (excludes halogenated alkanes) is 22. The van der Waals surface area contributed by atoms with Gasteiger partial charge in [0.15, 0.2) is 6.10 Å². The Morgan fingerprint density at radius 3 is 1.16 bits per heavy atom. The summed E-state index contributed by atoms with van der Waals surface area (Å²) in [7, 11) is 0. The molecule has 0 fully saturated rings. The summed E-state index contributed by atoms with van der Waals surface area (Å²) in [4.78, 5) is 47.6. The van der Waals surface area contributed by atoms with Gasteiger partial charge in [-0.3, -0.25) is 19.2 Å². The molecule has 8 heteroatoms. The SMILES string of the molecule is CCCCCCCC/C=C\CCCCCCCC(=O)OCC(COC(=O)CCC(=O)O)OC(=O)CCCCCCC/C=C/CCCCCCCC. The zero-order valence-electron chi connectivity index (χ0n) is 32.8. The largest absolute Gasteiger partial charge is 0.481 e. The van der Waals surface area contributed by atoms with Gasteiger partial charge in [0.05, 0.1) is 12.8 Å². The molecule has 0 aliphatic carbocycles. The van der Waals surface area contributed by atoms with E-state index in [1.54, 1.807) is 0 Å². The van der Waals surface area contributed by atoms with E-state index in [1.165, 1.54) is 89.9 Å². The first kappa shape index (κ1) is 48.4. The van der Waals surface area contributed by atoms with Gasteiger partial charge >= 0.3 is 23.9 Å². The smallest absolute Gasteiger partial charge is 0.306 e. The molecule has 1 atom stereocenters. The summed E-state index contributed by atoms with van der Waals surface area (Å²) in [6.45, 7) is 4.01. The zero-order chi connectivity index (χ0) is 37.5. The molecule has 0 aliphatic rings. The fourth-order valence-electron chi connectivity index (χ4n) is 5.77. The van der Waals surface area contributed by atoms with Crippen molar-refractivity contribution < 1.29 is 38.5 Å². The molecule has 0 bridgehead atoms. The first-order valence-electron chi connectivity index (χ1n) is 20.9. The number of rotatable bonds is 38. The van der Waals surface area contributed by atoms with E-state index in [9.17, 15) is 19.2 Å². The second-order valence-corrected chi connectivity index (χ2v) is 14.0. The van der Waals surface area contributed by atoms with E-state index >= 15 is 0 Å². The summed E-state index contributed by atoms with van der Waals surface area (Å²) in [5.41, 5.74) is 0. The molecular weight excluding hydrogens is 644 g/mol. The summed E-state index contributed by atoms with van der Waals surface area (Å²) in [5, 5.41) is 8.80. The van der Waals surface area contributed by atoms with E-state index in [1.807, 2.05) is 0 Å². The fraction of sp³-hybridized carbons (Fsp3) is 0.814. The molecule has 0 aliphatic heterocycles. The van der Waals surface area contributed by atoms with Crippen LogP contribution in [0.15, 0.2) is 24.3 Å². The number of aliphatic carboxylic acids is 1. The lowest BCUT2D eigenvalue weighted by atomic mass is 10.1. The Labute approximate surface area is 311 Å². The lowest BCUT2D eigenvalue weighted by molar-refractivity contribution is -0.167. The van der Waals surface area contributed by atoms with E-state index in [4.69, 9.17) is 19.3 Å². The highest BCUT2D eigenvalue weighted by Gasteiger charge is 2.20. The molecule has 0 aromatic carbocycles. The molecule has 0 spiro atoms. The Morgan fingerprint density at radius 1 is 0.431 bits per heavy atom. The maximum atomic E-state index is 12.5. The molecule has 1 unspecified atom stereocenters. The van der Waals surface area contributed by atoms with Crippen molar-refractivity contribution in [3.8, 4) is 0 Å². The van der Waals surface area contributed by atoms with Gasteiger partial charge in [0.1, 0.15) is 13.2 Å². The summed E-state index contributed by atoms with van der Waals surface area (Å²) >= 11 is 0. The van der Waals surface area contributed by atoms with Crippen LogP contribution in [0.25, 0.3) is 0 Å². The summed E-state index contributed by atoms with van der Waals surface area (Å²) in [6, 6.07) is 0. The highest BCUT2D eigenvalue weighted by molar-refractivity contribution is 5.76. The van der Waals surface area contributed by atoms with Crippen LogP contribution in [0.1, 0.15) is 206 Å². The van der Waals surface area contributed by atoms with Crippen LogP contribution < -0.4 is 0 Å². The lowest BCUT2D eigenvalue weighted by Gasteiger charge is -2.18. The highest BCUT2D eigenvalue weighted by Crippen LogP contribution is 2.13. The third-order valence-electron chi connectivity index (χ3n) is 8.99. The van der Waals surface area contributed by atoms with Crippen LogP contribution in [0.3, 0.4) is 0 Å². The first-order valence-corrected chi connectivity index (χ1v) is 20.9. The topological polar surface area (TPSA) is 116 Å². The van der Waals surface area contributed by atoms with Crippen LogP contribution in [0.5, 0.6) is 0 Å². The Bertz CT molecular complexity index is 896.